The zero-order valence-corrected chi connectivity index (χ0v) is 22.7. The van der Waals surface area contributed by atoms with E-state index in [1.54, 1.807) is 19.2 Å². The molecule has 8 heteroatoms. The molecule has 176 valence electrons. The van der Waals surface area contributed by atoms with E-state index in [2.05, 4.69) is 39.5 Å². The van der Waals surface area contributed by atoms with Crippen LogP contribution in [-0.2, 0) is 6.61 Å². The van der Waals surface area contributed by atoms with Crippen molar-refractivity contribution in [2.75, 3.05) is 12.4 Å². The molecule has 0 saturated carbocycles. The van der Waals surface area contributed by atoms with Crippen molar-refractivity contribution in [2.24, 2.45) is 5.92 Å². The second-order valence-electron chi connectivity index (χ2n) is 8.38. The van der Waals surface area contributed by atoms with E-state index in [4.69, 9.17) is 55.9 Å². The Hall–Kier alpha value is -1.56. The van der Waals surface area contributed by atoms with Crippen LogP contribution in [0.25, 0.3) is 0 Å². The van der Waals surface area contributed by atoms with Gasteiger partial charge in [0, 0.05) is 42.8 Å². The van der Waals surface area contributed by atoms with Crippen LogP contribution in [-0.4, -0.2) is 7.11 Å². The van der Waals surface area contributed by atoms with Gasteiger partial charge in [-0.25, -0.2) is 0 Å². The van der Waals surface area contributed by atoms with E-state index in [1.807, 2.05) is 24.3 Å². The molecule has 3 aromatic rings. The first-order chi connectivity index (χ1) is 16.4. The van der Waals surface area contributed by atoms with E-state index >= 15 is 0 Å². The molecule has 0 unspecified atom stereocenters. The van der Waals surface area contributed by atoms with Crippen molar-refractivity contribution in [3.63, 3.8) is 0 Å². The molecule has 1 aliphatic carbocycles. The molecule has 0 fully saturated rings. The predicted octanol–water partition coefficient (Wildman–Crippen LogP) is 9.48. The Morgan fingerprint density at radius 2 is 1.79 bits per heavy atom. The Labute approximate surface area is 227 Å². The number of halogens is 5. The fraction of sp³-hybridized carbons (Fsp3) is 0.231. The van der Waals surface area contributed by atoms with E-state index in [-0.39, 0.29) is 18.6 Å². The third kappa shape index (κ3) is 4.52. The third-order valence-corrected chi connectivity index (χ3v) is 8.08. The summed E-state index contributed by atoms with van der Waals surface area (Å²) in [4.78, 5) is 0. The topological polar surface area (TPSA) is 30.5 Å². The van der Waals surface area contributed by atoms with Gasteiger partial charge in [0.15, 0.2) is 11.5 Å². The normalized spacial score (nSPS) is 20.5. The van der Waals surface area contributed by atoms with Gasteiger partial charge in [0.1, 0.15) is 6.61 Å². The highest BCUT2D eigenvalue weighted by atomic mass is 79.9. The molecule has 34 heavy (non-hydrogen) atoms. The SMILES string of the molecule is COc1cc([C@@H]2Nc3cc(Cl)cc(Cl)c3[C@@H]3C=CC[C@H]32)cc(Br)c1OCc1ccc(Cl)cc1Cl. The second kappa shape index (κ2) is 9.83. The molecular weight excluding hydrogens is 580 g/mol. The lowest BCUT2D eigenvalue weighted by atomic mass is 9.77. The number of allylic oxidation sites excluding steroid dienone is 2. The zero-order valence-electron chi connectivity index (χ0n) is 18.0. The van der Waals surface area contributed by atoms with Gasteiger partial charge in [-0.2, -0.15) is 0 Å². The number of nitrogens with one attached hydrogen (secondary N) is 1. The smallest absolute Gasteiger partial charge is 0.175 e. The molecule has 1 aliphatic heterocycles. The number of hydrogen-bond donors (Lipinski definition) is 1. The summed E-state index contributed by atoms with van der Waals surface area (Å²) in [7, 11) is 1.64. The Morgan fingerprint density at radius 3 is 2.56 bits per heavy atom. The number of rotatable bonds is 5. The molecule has 3 atom stereocenters. The van der Waals surface area contributed by atoms with E-state index in [1.165, 1.54) is 0 Å². The highest BCUT2D eigenvalue weighted by Crippen LogP contribution is 2.53. The van der Waals surface area contributed by atoms with Gasteiger partial charge in [-0.05, 0) is 70.2 Å². The van der Waals surface area contributed by atoms with E-state index < -0.39 is 0 Å². The number of hydrogen-bond acceptors (Lipinski definition) is 3. The van der Waals surface area contributed by atoms with Crippen LogP contribution in [0.1, 0.15) is 35.1 Å². The molecule has 0 radical (unpaired) electrons. The minimum atomic E-state index is 0.0481. The van der Waals surface area contributed by atoms with Crippen molar-refractivity contribution >= 4 is 68.0 Å². The monoisotopic (exact) mass is 597 g/mol. The summed E-state index contributed by atoms with van der Waals surface area (Å²) in [5.74, 6) is 1.79. The Balaban J connectivity index is 1.47. The maximum absolute atomic E-state index is 6.59. The maximum atomic E-state index is 6.59. The van der Waals surface area contributed by atoms with Crippen LogP contribution in [0, 0.1) is 5.92 Å². The highest BCUT2D eigenvalue weighted by molar-refractivity contribution is 9.10. The minimum Gasteiger partial charge on any atom is -0.493 e. The van der Waals surface area contributed by atoms with Crippen molar-refractivity contribution < 1.29 is 9.47 Å². The molecule has 2 aliphatic rings. The van der Waals surface area contributed by atoms with Gasteiger partial charge in [-0.1, -0.05) is 64.6 Å². The fourth-order valence-corrected chi connectivity index (χ4v) is 6.48. The zero-order chi connectivity index (χ0) is 24.0. The summed E-state index contributed by atoms with van der Waals surface area (Å²) < 4.78 is 12.6. The molecule has 3 aromatic carbocycles. The molecule has 1 N–H and O–H groups in total. The van der Waals surface area contributed by atoms with Crippen LogP contribution in [0.3, 0.4) is 0 Å². The van der Waals surface area contributed by atoms with E-state index in [0.717, 1.165) is 33.3 Å². The number of methoxy groups -OCH3 is 1. The lowest BCUT2D eigenvalue weighted by Gasteiger charge is -2.38. The second-order valence-corrected chi connectivity index (χ2v) is 10.9. The molecule has 0 amide bonds. The molecule has 1 heterocycles. The third-order valence-electron chi connectivity index (χ3n) is 6.38. The Morgan fingerprint density at radius 1 is 1.00 bits per heavy atom. The minimum absolute atomic E-state index is 0.0481. The van der Waals surface area contributed by atoms with Crippen LogP contribution in [0.2, 0.25) is 20.1 Å². The summed E-state index contributed by atoms with van der Waals surface area (Å²) in [6.07, 6.45) is 5.42. The number of ether oxygens (including phenoxy) is 2. The van der Waals surface area contributed by atoms with E-state index in [9.17, 15) is 0 Å². The molecule has 0 spiro atoms. The summed E-state index contributed by atoms with van der Waals surface area (Å²) in [5, 5.41) is 6.12. The number of benzene rings is 3. The molecule has 0 aromatic heterocycles. The van der Waals surface area contributed by atoms with Crippen molar-refractivity contribution in [2.45, 2.75) is 25.0 Å². The van der Waals surface area contributed by atoms with Gasteiger partial charge in [0.25, 0.3) is 0 Å². The summed E-state index contributed by atoms with van der Waals surface area (Å²) in [5.41, 5.74) is 3.99. The molecule has 3 nitrogen and oxygen atoms in total. The molecular formula is C26H20BrCl4NO2. The van der Waals surface area contributed by atoms with Gasteiger partial charge < -0.3 is 14.8 Å². The Kier molecular flexibility index (Phi) is 6.98. The molecule has 5 rings (SSSR count). The first-order valence-electron chi connectivity index (χ1n) is 10.7. The van der Waals surface area contributed by atoms with Crippen molar-refractivity contribution in [3.05, 3.63) is 95.9 Å². The van der Waals surface area contributed by atoms with Gasteiger partial charge >= 0.3 is 0 Å². The quantitative estimate of drug-likeness (QED) is 0.296. The van der Waals surface area contributed by atoms with Crippen LogP contribution < -0.4 is 14.8 Å². The van der Waals surface area contributed by atoms with Crippen LogP contribution in [0.15, 0.2) is 59.1 Å². The van der Waals surface area contributed by atoms with Crippen molar-refractivity contribution in [1.82, 2.24) is 0 Å². The van der Waals surface area contributed by atoms with E-state index in [0.29, 0.717) is 37.5 Å². The van der Waals surface area contributed by atoms with Gasteiger partial charge in [0.2, 0.25) is 0 Å². The highest BCUT2D eigenvalue weighted by Gasteiger charge is 2.39. The summed E-state index contributed by atoms with van der Waals surface area (Å²) in [6, 6.07) is 13.2. The first kappa shape index (κ1) is 24.1. The van der Waals surface area contributed by atoms with Crippen LogP contribution in [0.5, 0.6) is 11.5 Å². The summed E-state index contributed by atoms with van der Waals surface area (Å²) >= 11 is 28.9. The van der Waals surface area contributed by atoms with Crippen LogP contribution >= 0.6 is 62.3 Å². The van der Waals surface area contributed by atoms with Crippen molar-refractivity contribution in [1.29, 1.82) is 0 Å². The average molecular weight is 600 g/mol. The average Bonchev–Trinajstić information content (AvgIpc) is 3.27. The van der Waals surface area contributed by atoms with Gasteiger partial charge in [0.05, 0.1) is 17.6 Å². The van der Waals surface area contributed by atoms with Gasteiger partial charge in [-0.15, -0.1) is 0 Å². The lowest BCUT2D eigenvalue weighted by Crippen LogP contribution is -2.29. The lowest BCUT2D eigenvalue weighted by molar-refractivity contribution is 0.282. The fourth-order valence-electron chi connectivity index (χ4n) is 4.82. The number of fused-ring (bicyclic) bond motifs is 3. The summed E-state index contributed by atoms with van der Waals surface area (Å²) in [6.45, 7) is 0.283. The number of anilines is 1. The largest absolute Gasteiger partial charge is 0.493 e. The molecule has 0 saturated heterocycles. The first-order valence-corrected chi connectivity index (χ1v) is 13.0. The van der Waals surface area contributed by atoms with Crippen molar-refractivity contribution in [3.8, 4) is 11.5 Å². The van der Waals surface area contributed by atoms with Gasteiger partial charge in [-0.3, -0.25) is 0 Å². The standard InChI is InChI=1S/C26H20BrCl4NO2/c1-33-23-8-14(7-19(27)26(23)34-12-13-5-6-15(28)9-20(13)30)25-18-4-2-3-17(18)24-21(31)10-16(29)11-22(24)32-25/h2-3,5-11,17-18,25,32H,4,12H2,1H3/t17-,18-,25+/m1/s1. The predicted molar refractivity (Wildman–Crippen MR) is 144 cm³/mol. The Bertz CT molecular complexity index is 1300. The van der Waals surface area contributed by atoms with Crippen LogP contribution in [0.4, 0.5) is 5.69 Å². The maximum Gasteiger partial charge on any atom is 0.175 e. The molecule has 0 bridgehead atoms.